The van der Waals surface area contributed by atoms with Gasteiger partial charge in [0, 0.05) is 0 Å². The molecule has 48 valence electrons. The van der Waals surface area contributed by atoms with Gasteiger partial charge in [0.15, 0.2) is 12.6 Å². The lowest BCUT2D eigenvalue weighted by Gasteiger charge is -1.93. The second kappa shape index (κ2) is 3.57. The van der Waals surface area contributed by atoms with E-state index in [4.69, 9.17) is 20.4 Å². The van der Waals surface area contributed by atoms with E-state index in [1.165, 1.54) is 0 Å². The molecule has 0 bridgehead atoms. The Kier molecular flexibility index (Phi) is 3.38. The molecule has 8 heavy (non-hydrogen) atoms. The van der Waals surface area contributed by atoms with Crippen LogP contribution in [0.4, 0.5) is 0 Å². The molecule has 4 nitrogen and oxygen atoms in total. The third-order valence-electron chi connectivity index (χ3n) is 0.455. The van der Waals surface area contributed by atoms with Gasteiger partial charge >= 0.3 is 0 Å². The summed E-state index contributed by atoms with van der Waals surface area (Å²) in [7, 11) is 0. The second-order valence-electron chi connectivity index (χ2n) is 1.21. The molecule has 0 aliphatic rings. The molecule has 0 saturated heterocycles. The predicted octanol–water partition coefficient (Wildman–Crippen LogP) is -1.84. The summed E-state index contributed by atoms with van der Waals surface area (Å²) in [6, 6.07) is 0. The predicted molar refractivity (Wildman–Crippen MR) is 25.6 cm³/mol. The molecule has 0 fully saturated rings. The molecule has 4 N–H and O–H groups in total. The van der Waals surface area contributed by atoms with Crippen molar-refractivity contribution < 1.29 is 20.4 Å². The highest BCUT2D eigenvalue weighted by Gasteiger charge is 1.89. The zero-order valence-corrected chi connectivity index (χ0v) is 4.10. The van der Waals surface area contributed by atoms with E-state index in [0.29, 0.717) is 0 Å². The first-order valence-corrected chi connectivity index (χ1v) is 2.03. The number of hydrogen-bond donors (Lipinski definition) is 4. The van der Waals surface area contributed by atoms with Gasteiger partial charge in [-0.05, 0) is 12.2 Å². The van der Waals surface area contributed by atoms with Gasteiger partial charge in [-0.1, -0.05) is 0 Å². The van der Waals surface area contributed by atoms with E-state index in [2.05, 4.69) is 0 Å². The van der Waals surface area contributed by atoms with E-state index in [1.54, 1.807) is 0 Å². The molecule has 0 aromatic rings. The lowest BCUT2D eigenvalue weighted by molar-refractivity contribution is -0.0128. The maximum atomic E-state index is 8.05. The van der Waals surface area contributed by atoms with Crippen LogP contribution < -0.4 is 0 Å². The highest BCUT2D eigenvalue weighted by Crippen LogP contribution is 1.81. The minimum atomic E-state index is -1.61. The molecule has 0 radical (unpaired) electrons. The Morgan fingerprint density at radius 3 is 1.12 bits per heavy atom. The van der Waals surface area contributed by atoms with Gasteiger partial charge in [-0.3, -0.25) is 0 Å². The molecular weight excluding hydrogens is 112 g/mol. The van der Waals surface area contributed by atoms with Gasteiger partial charge in [-0.25, -0.2) is 0 Å². The number of aliphatic hydroxyl groups excluding tert-OH is 2. The van der Waals surface area contributed by atoms with Gasteiger partial charge in [-0.2, -0.15) is 0 Å². The van der Waals surface area contributed by atoms with Crippen LogP contribution in [0.1, 0.15) is 0 Å². The fourth-order valence-electron chi connectivity index (χ4n) is 0.199. The molecule has 0 aliphatic heterocycles. The van der Waals surface area contributed by atoms with Crippen molar-refractivity contribution in [3.63, 3.8) is 0 Å². The first-order chi connectivity index (χ1) is 3.63. The van der Waals surface area contributed by atoms with Crippen molar-refractivity contribution in [2.75, 3.05) is 0 Å². The molecule has 0 aromatic heterocycles. The van der Waals surface area contributed by atoms with Crippen molar-refractivity contribution in [3.8, 4) is 0 Å². The molecular formula is C4H8O4. The van der Waals surface area contributed by atoms with Crippen LogP contribution in [0.15, 0.2) is 12.2 Å². The largest absolute Gasteiger partial charge is 0.365 e. The molecule has 0 saturated carbocycles. The van der Waals surface area contributed by atoms with Crippen LogP contribution in [0.3, 0.4) is 0 Å². The Hall–Kier alpha value is -0.420. The first-order valence-electron chi connectivity index (χ1n) is 2.03. The minimum Gasteiger partial charge on any atom is -0.365 e. The number of rotatable bonds is 2. The van der Waals surface area contributed by atoms with Crippen LogP contribution in [0.2, 0.25) is 0 Å². The molecule has 0 aliphatic carbocycles. The molecule has 0 spiro atoms. The first kappa shape index (κ1) is 7.58. The zero-order chi connectivity index (χ0) is 6.57. The summed E-state index contributed by atoms with van der Waals surface area (Å²) in [5, 5.41) is 32.2. The van der Waals surface area contributed by atoms with Gasteiger partial charge in [-0.15, -0.1) is 0 Å². The van der Waals surface area contributed by atoms with E-state index < -0.39 is 12.6 Å². The maximum absolute atomic E-state index is 8.05. The van der Waals surface area contributed by atoms with Gasteiger partial charge < -0.3 is 20.4 Å². The zero-order valence-electron chi connectivity index (χ0n) is 4.10. The molecule has 0 rings (SSSR count). The monoisotopic (exact) mass is 120 g/mol. The molecule has 0 heterocycles. The van der Waals surface area contributed by atoms with Crippen molar-refractivity contribution >= 4 is 0 Å². The summed E-state index contributed by atoms with van der Waals surface area (Å²) >= 11 is 0. The second-order valence-corrected chi connectivity index (χ2v) is 1.21. The van der Waals surface area contributed by atoms with Crippen LogP contribution in [-0.4, -0.2) is 33.0 Å². The van der Waals surface area contributed by atoms with Crippen molar-refractivity contribution in [3.05, 3.63) is 12.2 Å². The van der Waals surface area contributed by atoms with E-state index in [1.807, 2.05) is 0 Å². The summed E-state index contributed by atoms with van der Waals surface area (Å²) < 4.78 is 0. The SMILES string of the molecule is OC(O)/C=C/C(O)O. The Bertz CT molecular complexity index is 66.1. The van der Waals surface area contributed by atoms with Crippen LogP contribution in [0.25, 0.3) is 0 Å². The van der Waals surface area contributed by atoms with E-state index in [0.717, 1.165) is 12.2 Å². The highest BCUT2D eigenvalue weighted by molar-refractivity contribution is 4.84. The lowest BCUT2D eigenvalue weighted by Crippen LogP contribution is -2.03. The normalized spacial score (nSPS) is 12.2. The maximum Gasteiger partial charge on any atom is 0.171 e. The van der Waals surface area contributed by atoms with Gasteiger partial charge in [0.1, 0.15) is 0 Å². The Morgan fingerprint density at radius 2 is 1.00 bits per heavy atom. The quantitative estimate of drug-likeness (QED) is 0.255. The number of hydrogen-bond acceptors (Lipinski definition) is 4. The molecule has 0 aromatic carbocycles. The van der Waals surface area contributed by atoms with Gasteiger partial charge in [0.05, 0.1) is 0 Å². The Labute approximate surface area is 46.3 Å². The third-order valence-corrected chi connectivity index (χ3v) is 0.455. The summed E-state index contributed by atoms with van der Waals surface area (Å²) in [4.78, 5) is 0. The fourth-order valence-corrected chi connectivity index (χ4v) is 0.199. The van der Waals surface area contributed by atoms with Crippen LogP contribution >= 0.6 is 0 Å². The van der Waals surface area contributed by atoms with E-state index in [-0.39, 0.29) is 0 Å². The topological polar surface area (TPSA) is 80.9 Å². The Balaban J connectivity index is 3.34. The van der Waals surface area contributed by atoms with Crippen LogP contribution in [-0.2, 0) is 0 Å². The van der Waals surface area contributed by atoms with Gasteiger partial charge in [0.25, 0.3) is 0 Å². The van der Waals surface area contributed by atoms with E-state index >= 15 is 0 Å². The smallest absolute Gasteiger partial charge is 0.171 e. The van der Waals surface area contributed by atoms with Crippen LogP contribution in [0, 0.1) is 0 Å². The lowest BCUT2D eigenvalue weighted by atomic mass is 10.5. The minimum absolute atomic E-state index is 0.852. The van der Waals surface area contributed by atoms with Crippen molar-refractivity contribution in [2.24, 2.45) is 0 Å². The average molecular weight is 120 g/mol. The summed E-state index contributed by atoms with van der Waals surface area (Å²) in [6.07, 6.45) is -1.52. The average Bonchev–Trinajstić information content (AvgIpc) is 1.61. The summed E-state index contributed by atoms with van der Waals surface area (Å²) in [5.74, 6) is 0. The molecule has 4 heteroatoms. The van der Waals surface area contributed by atoms with Crippen molar-refractivity contribution in [1.82, 2.24) is 0 Å². The summed E-state index contributed by atoms with van der Waals surface area (Å²) in [5.41, 5.74) is 0. The standard InChI is InChI=1S/C4H8O4/c5-3(6)1-2-4(7)8/h1-8H/b2-1+. The Morgan fingerprint density at radius 1 is 0.750 bits per heavy atom. The number of aliphatic hydroxyl groups is 4. The van der Waals surface area contributed by atoms with E-state index in [9.17, 15) is 0 Å². The highest BCUT2D eigenvalue weighted by atomic mass is 16.5. The summed E-state index contributed by atoms with van der Waals surface area (Å²) in [6.45, 7) is 0. The van der Waals surface area contributed by atoms with Crippen LogP contribution in [0.5, 0.6) is 0 Å². The van der Waals surface area contributed by atoms with Crippen molar-refractivity contribution in [2.45, 2.75) is 12.6 Å². The fraction of sp³-hybridized carbons (Fsp3) is 0.500. The molecule has 0 amide bonds. The molecule has 0 atom stereocenters. The third kappa shape index (κ3) is 5.58. The van der Waals surface area contributed by atoms with Crippen molar-refractivity contribution in [1.29, 1.82) is 0 Å². The molecule has 0 unspecified atom stereocenters. The van der Waals surface area contributed by atoms with Gasteiger partial charge in [0.2, 0.25) is 0 Å².